The highest BCUT2D eigenvalue weighted by molar-refractivity contribution is 5.64. The van der Waals surface area contributed by atoms with Crippen LogP contribution in [0.5, 0.6) is 5.75 Å². The first kappa shape index (κ1) is 23.2. The first-order valence-electron chi connectivity index (χ1n) is 12.3. The Morgan fingerprint density at radius 1 is 0.812 bits per heavy atom. The molecule has 1 nitrogen and oxygen atoms in total. The van der Waals surface area contributed by atoms with Crippen molar-refractivity contribution in [2.24, 2.45) is 17.8 Å². The van der Waals surface area contributed by atoms with Gasteiger partial charge in [-0.3, -0.25) is 0 Å². The van der Waals surface area contributed by atoms with Gasteiger partial charge in [0.1, 0.15) is 5.75 Å². The molecule has 2 aromatic rings. The standard InChI is InChI=1S/C28H35F3O/c1-2-3-4-20-5-6-26-18-25(12-11-24(26)17-20)23-9-7-21(8-10-23)22-13-15-27(16-14-22)32-19-28(29,30)31/h7-10,13-16,20,24-26H,2-6,11-12,17-19H2,1H3. The maximum Gasteiger partial charge on any atom is 0.422 e. The fraction of sp³-hybridized carbons (Fsp3) is 0.571. The zero-order chi connectivity index (χ0) is 22.6. The molecule has 0 radical (unpaired) electrons. The van der Waals surface area contributed by atoms with Crippen LogP contribution in [0.4, 0.5) is 13.2 Å². The first-order chi connectivity index (χ1) is 15.4. The van der Waals surface area contributed by atoms with Crippen LogP contribution in [0.1, 0.15) is 76.2 Å². The van der Waals surface area contributed by atoms with Crippen molar-refractivity contribution in [1.29, 1.82) is 0 Å². The lowest BCUT2D eigenvalue weighted by molar-refractivity contribution is -0.153. The molecule has 4 rings (SSSR count). The van der Waals surface area contributed by atoms with Crippen molar-refractivity contribution in [1.82, 2.24) is 0 Å². The summed E-state index contributed by atoms with van der Waals surface area (Å²) in [5.41, 5.74) is 3.51. The summed E-state index contributed by atoms with van der Waals surface area (Å²) in [6.45, 7) is 1.04. The van der Waals surface area contributed by atoms with Crippen molar-refractivity contribution < 1.29 is 17.9 Å². The molecule has 0 aromatic heterocycles. The number of fused-ring (bicyclic) bond motifs is 1. The molecule has 32 heavy (non-hydrogen) atoms. The lowest BCUT2D eigenvalue weighted by atomic mass is 9.63. The van der Waals surface area contributed by atoms with E-state index < -0.39 is 12.8 Å². The molecule has 4 unspecified atom stereocenters. The van der Waals surface area contributed by atoms with Crippen molar-refractivity contribution in [2.45, 2.75) is 76.8 Å². The summed E-state index contributed by atoms with van der Waals surface area (Å²) in [5, 5.41) is 0. The van der Waals surface area contributed by atoms with Crippen LogP contribution in [0.25, 0.3) is 11.1 Å². The SMILES string of the molecule is CCCCC1CCC2CC(c3ccc(-c4ccc(OCC(F)(F)F)cc4)cc3)CCC2C1. The molecule has 0 N–H and O–H groups in total. The molecule has 174 valence electrons. The number of hydrogen-bond donors (Lipinski definition) is 0. The molecule has 0 heterocycles. The molecule has 2 aromatic carbocycles. The van der Waals surface area contributed by atoms with E-state index in [0.29, 0.717) is 5.92 Å². The minimum absolute atomic E-state index is 0.240. The zero-order valence-electron chi connectivity index (χ0n) is 19.0. The van der Waals surface area contributed by atoms with Gasteiger partial charge < -0.3 is 4.74 Å². The summed E-state index contributed by atoms with van der Waals surface area (Å²) in [5.74, 6) is 3.71. The summed E-state index contributed by atoms with van der Waals surface area (Å²) in [7, 11) is 0. The molecule has 2 saturated carbocycles. The van der Waals surface area contributed by atoms with Gasteiger partial charge in [-0.15, -0.1) is 0 Å². The number of alkyl halides is 3. The molecule has 4 heteroatoms. The number of hydrogen-bond acceptors (Lipinski definition) is 1. The first-order valence-corrected chi connectivity index (χ1v) is 12.3. The highest BCUT2D eigenvalue weighted by Crippen LogP contribution is 2.48. The van der Waals surface area contributed by atoms with Crippen LogP contribution in [0.2, 0.25) is 0 Å². The smallest absolute Gasteiger partial charge is 0.422 e. The van der Waals surface area contributed by atoms with Crippen molar-refractivity contribution in [2.75, 3.05) is 6.61 Å². The molecule has 2 fully saturated rings. The Hall–Kier alpha value is -1.97. The lowest BCUT2D eigenvalue weighted by Gasteiger charge is -2.42. The van der Waals surface area contributed by atoms with Crippen molar-refractivity contribution in [3.05, 3.63) is 54.1 Å². The van der Waals surface area contributed by atoms with E-state index in [1.807, 2.05) is 12.1 Å². The summed E-state index contributed by atoms with van der Waals surface area (Å²) in [4.78, 5) is 0. The molecule has 0 saturated heterocycles. The third-order valence-corrected chi connectivity index (χ3v) is 7.66. The van der Waals surface area contributed by atoms with Gasteiger partial charge in [-0.25, -0.2) is 0 Å². The number of rotatable bonds is 7. The predicted molar refractivity (Wildman–Crippen MR) is 124 cm³/mol. The van der Waals surface area contributed by atoms with Crippen LogP contribution in [-0.2, 0) is 0 Å². The van der Waals surface area contributed by atoms with Crippen molar-refractivity contribution >= 4 is 0 Å². The topological polar surface area (TPSA) is 9.23 Å². The second-order valence-electron chi connectivity index (χ2n) is 9.90. The van der Waals surface area contributed by atoms with Gasteiger partial charge in [-0.05, 0) is 84.6 Å². The van der Waals surface area contributed by atoms with E-state index in [2.05, 4.69) is 31.2 Å². The normalized spacial score (nSPS) is 25.9. The van der Waals surface area contributed by atoms with Gasteiger partial charge >= 0.3 is 6.18 Å². The van der Waals surface area contributed by atoms with Crippen LogP contribution in [0, 0.1) is 17.8 Å². The number of unbranched alkanes of at least 4 members (excludes halogenated alkanes) is 1. The summed E-state index contributed by atoms with van der Waals surface area (Å²) >= 11 is 0. The highest BCUT2D eigenvalue weighted by Gasteiger charge is 2.35. The van der Waals surface area contributed by atoms with Crippen molar-refractivity contribution in [3.63, 3.8) is 0 Å². The lowest BCUT2D eigenvalue weighted by Crippen LogP contribution is -2.30. The van der Waals surface area contributed by atoms with E-state index in [0.717, 1.165) is 28.9 Å². The van der Waals surface area contributed by atoms with Gasteiger partial charge in [0.15, 0.2) is 6.61 Å². The minimum Gasteiger partial charge on any atom is -0.484 e. The minimum atomic E-state index is -4.32. The Balaban J connectivity index is 1.32. The molecule has 2 aliphatic carbocycles. The van der Waals surface area contributed by atoms with Gasteiger partial charge in [0, 0.05) is 0 Å². The highest BCUT2D eigenvalue weighted by atomic mass is 19.4. The van der Waals surface area contributed by atoms with Gasteiger partial charge in [0.2, 0.25) is 0 Å². The third kappa shape index (κ3) is 6.08. The molecule has 0 amide bonds. The zero-order valence-corrected chi connectivity index (χ0v) is 19.0. The second kappa shape index (κ2) is 10.3. The summed E-state index contributed by atoms with van der Waals surface area (Å²) < 4.78 is 41.7. The van der Waals surface area contributed by atoms with E-state index in [1.165, 1.54) is 63.4 Å². The Morgan fingerprint density at radius 3 is 2.09 bits per heavy atom. The fourth-order valence-electron chi connectivity index (χ4n) is 5.90. The van der Waals surface area contributed by atoms with E-state index in [1.54, 1.807) is 12.1 Å². The van der Waals surface area contributed by atoms with Gasteiger partial charge in [0.05, 0.1) is 0 Å². The average Bonchev–Trinajstić information content (AvgIpc) is 2.81. The Bertz CT molecular complexity index is 840. The monoisotopic (exact) mass is 444 g/mol. The molecule has 0 bridgehead atoms. The quantitative estimate of drug-likeness (QED) is 0.415. The van der Waals surface area contributed by atoms with Gasteiger partial charge in [0.25, 0.3) is 0 Å². The Morgan fingerprint density at radius 2 is 1.44 bits per heavy atom. The Kier molecular flexibility index (Phi) is 7.48. The average molecular weight is 445 g/mol. The molecule has 0 spiro atoms. The maximum atomic E-state index is 12.3. The summed E-state index contributed by atoms with van der Waals surface area (Å²) in [6.07, 6.45) is 8.12. The third-order valence-electron chi connectivity index (χ3n) is 7.66. The van der Waals surface area contributed by atoms with Crippen LogP contribution in [0.15, 0.2) is 48.5 Å². The van der Waals surface area contributed by atoms with Gasteiger partial charge in [-0.1, -0.05) is 69.0 Å². The van der Waals surface area contributed by atoms with Crippen LogP contribution in [-0.4, -0.2) is 12.8 Å². The molecular weight excluding hydrogens is 409 g/mol. The maximum absolute atomic E-state index is 12.3. The number of benzene rings is 2. The second-order valence-corrected chi connectivity index (χ2v) is 9.90. The van der Waals surface area contributed by atoms with Crippen LogP contribution >= 0.6 is 0 Å². The Labute approximate surface area is 190 Å². The molecular formula is C28H35F3O. The molecule has 0 aliphatic heterocycles. The predicted octanol–water partition coefficient (Wildman–Crippen LogP) is 8.78. The molecule has 4 atom stereocenters. The van der Waals surface area contributed by atoms with Gasteiger partial charge in [-0.2, -0.15) is 13.2 Å². The summed E-state index contributed by atoms with van der Waals surface area (Å²) in [6, 6.07) is 15.7. The van der Waals surface area contributed by atoms with E-state index in [9.17, 15) is 13.2 Å². The van der Waals surface area contributed by atoms with E-state index in [4.69, 9.17) is 4.74 Å². The van der Waals surface area contributed by atoms with Crippen LogP contribution < -0.4 is 4.74 Å². The van der Waals surface area contributed by atoms with E-state index >= 15 is 0 Å². The van der Waals surface area contributed by atoms with Crippen molar-refractivity contribution in [3.8, 4) is 16.9 Å². The fourth-order valence-corrected chi connectivity index (χ4v) is 5.90. The largest absolute Gasteiger partial charge is 0.484 e. The molecule has 2 aliphatic rings. The van der Waals surface area contributed by atoms with Crippen LogP contribution in [0.3, 0.4) is 0 Å². The number of ether oxygens (including phenoxy) is 1. The number of halogens is 3. The van der Waals surface area contributed by atoms with E-state index in [-0.39, 0.29) is 5.75 Å².